The molecule has 1 aromatic carbocycles. The predicted octanol–water partition coefficient (Wildman–Crippen LogP) is 2.88. The lowest BCUT2D eigenvalue weighted by Crippen LogP contribution is -2.15. The average Bonchev–Trinajstić information content (AvgIpc) is 2.94. The number of ketones is 1. The van der Waals surface area contributed by atoms with Crippen molar-refractivity contribution in [2.75, 3.05) is 13.4 Å². The summed E-state index contributed by atoms with van der Waals surface area (Å²) >= 11 is 1.63. The summed E-state index contributed by atoms with van der Waals surface area (Å²) in [5.41, 5.74) is 1.01. The maximum absolute atomic E-state index is 12.2. The average molecular weight is 289 g/mol. The van der Waals surface area contributed by atoms with Crippen molar-refractivity contribution in [2.45, 2.75) is 11.4 Å². The third-order valence-electron chi connectivity index (χ3n) is 2.95. The van der Waals surface area contributed by atoms with Crippen molar-refractivity contribution in [1.29, 1.82) is 0 Å². The first-order valence-electron chi connectivity index (χ1n) is 6.06. The second-order valence-corrected chi connectivity index (χ2v) is 5.04. The molecule has 2 aromatic rings. The lowest BCUT2D eigenvalue weighted by Gasteiger charge is -2.07. The Bertz CT molecular complexity index is 616. The standard InChI is InChI=1S/C15H15NO3S/c1-19-15(18)13-4-3-9-16(13)10-14(17)11-5-7-12(20-2)8-6-11/h3-9H,10H2,1-2H3. The molecule has 0 fully saturated rings. The van der Waals surface area contributed by atoms with Crippen LogP contribution in [0.5, 0.6) is 0 Å². The number of hydrogen-bond donors (Lipinski definition) is 0. The SMILES string of the molecule is COC(=O)c1cccn1CC(=O)c1ccc(SC)cc1. The van der Waals surface area contributed by atoms with Crippen LogP contribution in [0.1, 0.15) is 20.8 Å². The number of aromatic nitrogens is 1. The Hall–Kier alpha value is -2.01. The monoisotopic (exact) mass is 289 g/mol. The molecule has 0 aliphatic heterocycles. The normalized spacial score (nSPS) is 10.3. The second-order valence-electron chi connectivity index (χ2n) is 4.16. The third-order valence-corrected chi connectivity index (χ3v) is 3.69. The van der Waals surface area contributed by atoms with Crippen LogP contribution >= 0.6 is 11.8 Å². The van der Waals surface area contributed by atoms with Gasteiger partial charge in [0.2, 0.25) is 0 Å². The molecule has 2 rings (SSSR count). The van der Waals surface area contributed by atoms with Crippen LogP contribution in [0.3, 0.4) is 0 Å². The number of benzene rings is 1. The first-order valence-corrected chi connectivity index (χ1v) is 7.29. The number of hydrogen-bond acceptors (Lipinski definition) is 4. The highest BCUT2D eigenvalue weighted by Gasteiger charge is 2.14. The number of nitrogens with zero attached hydrogens (tertiary/aromatic N) is 1. The van der Waals surface area contributed by atoms with E-state index in [0.717, 1.165) is 4.90 Å². The molecule has 0 unspecified atom stereocenters. The zero-order valence-corrected chi connectivity index (χ0v) is 12.1. The number of carbonyl (C=O) groups excluding carboxylic acids is 2. The summed E-state index contributed by atoms with van der Waals surface area (Å²) in [5.74, 6) is -0.487. The molecule has 0 saturated carbocycles. The van der Waals surface area contributed by atoms with Crippen LogP contribution in [0.2, 0.25) is 0 Å². The largest absolute Gasteiger partial charge is 0.464 e. The molecule has 0 amide bonds. The van der Waals surface area contributed by atoms with Crippen LogP contribution in [0.15, 0.2) is 47.5 Å². The molecule has 4 nitrogen and oxygen atoms in total. The van der Waals surface area contributed by atoms with Crippen LogP contribution < -0.4 is 0 Å². The van der Waals surface area contributed by atoms with Gasteiger partial charge in [0.1, 0.15) is 5.69 Å². The molecule has 104 valence electrons. The van der Waals surface area contributed by atoms with E-state index in [1.165, 1.54) is 7.11 Å². The van der Waals surface area contributed by atoms with Gasteiger partial charge in [-0.1, -0.05) is 12.1 Å². The van der Waals surface area contributed by atoms with Gasteiger partial charge in [-0.25, -0.2) is 4.79 Å². The highest BCUT2D eigenvalue weighted by molar-refractivity contribution is 7.98. The van der Waals surface area contributed by atoms with E-state index in [4.69, 9.17) is 0 Å². The minimum absolute atomic E-state index is 0.0426. The summed E-state index contributed by atoms with van der Waals surface area (Å²) in [6, 6.07) is 10.8. The number of rotatable bonds is 5. The summed E-state index contributed by atoms with van der Waals surface area (Å²) in [6.07, 6.45) is 3.68. The fourth-order valence-corrected chi connectivity index (χ4v) is 2.27. The Morgan fingerprint density at radius 1 is 1.20 bits per heavy atom. The molecule has 0 aliphatic rings. The van der Waals surface area contributed by atoms with E-state index in [-0.39, 0.29) is 12.3 Å². The Morgan fingerprint density at radius 3 is 2.50 bits per heavy atom. The van der Waals surface area contributed by atoms with Crippen molar-refractivity contribution in [3.05, 3.63) is 53.9 Å². The molecular weight excluding hydrogens is 274 g/mol. The smallest absolute Gasteiger partial charge is 0.354 e. The lowest BCUT2D eigenvalue weighted by atomic mass is 10.1. The van der Waals surface area contributed by atoms with Crippen molar-refractivity contribution in [2.24, 2.45) is 0 Å². The fraction of sp³-hybridized carbons (Fsp3) is 0.200. The van der Waals surface area contributed by atoms with E-state index in [0.29, 0.717) is 11.3 Å². The Balaban J connectivity index is 2.15. The summed E-state index contributed by atoms with van der Waals surface area (Å²) in [7, 11) is 1.32. The Morgan fingerprint density at radius 2 is 1.90 bits per heavy atom. The number of carbonyl (C=O) groups is 2. The quantitative estimate of drug-likeness (QED) is 0.482. The zero-order chi connectivity index (χ0) is 14.5. The van der Waals surface area contributed by atoms with E-state index in [1.54, 1.807) is 46.8 Å². The molecule has 0 atom stereocenters. The van der Waals surface area contributed by atoms with Crippen LogP contribution in [0.25, 0.3) is 0 Å². The molecule has 0 bridgehead atoms. The number of methoxy groups -OCH3 is 1. The van der Waals surface area contributed by atoms with Crippen LogP contribution in [0, 0.1) is 0 Å². The highest BCUT2D eigenvalue weighted by Crippen LogP contribution is 2.16. The molecular formula is C15H15NO3S. The topological polar surface area (TPSA) is 48.3 Å². The summed E-state index contributed by atoms with van der Waals surface area (Å²) in [4.78, 5) is 24.8. The van der Waals surface area contributed by atoms with Gasteiger partial charge in [0.15, 0.2) is 5.78 Å². The van der Waals surface area contributed by atoms with Crippen LogP contribution in [-0.4, -0.2) is 29.7 Å². The van der Waals surface area contributed by atoms with Crippen molar-refractivity contribution in [1.82, 2.24) is 4.57 Å². The van der Waals surface area contributed by atoms with Gasteiger partial charge in [-0.2, -0.15) is 0 Å². The molecule has 1 heterocycles. The molecule has 20 heavy (non-hydrogen) atoms. The van der Waals surface area contributed by atoms with Gasteiger partial charge < -0.3 is 9.30 Å². The van der Waals surface area contributed by atoms with Gasteiger partial charge in [-0.15, -0.1) is 11.8 Å². The minimum Gasteiger partial charge on any atom is -0.464 e. The molecule has 5 heteroatoms. The van der Waals surface area contributed by atoms with E-state index in [1.807, 2.05) is 18.4 Å². The highest BCUT2D eigenvalue weighted by atomic mass is 32.2. The Labute approximate surface area is 121 Å². The predicted molar refractivity (Wildman–Crippen MR) is 78.3 cm³/mol. The van der Waals surface area contributed by atoms with E-state index in [2.05, 4.69) is 4.74 Å². The zero-order valence-electron chi connectivity index (χ0n) is 11.3. The van der Waals surface area contributed by atoms with Gasteiger partial charge in [0.25, 0.3) is 0 Å². The minimum atomic E-state index is -0.444. The molecule has 0 aliphatic carbocycles. The Kier molecular flexibility index (Phi) is 4.63. The first-order chi connectivity index (χ1) is 9.65. The molecule has 0 N–H and O–H groups in total. The molecule has 0 saturated heterocycles. The molecule has 1 aromatic heterocycles. The van der Waals surface area contributed by atoms with E-state index in [9.17, 15) is 9.59 Å². The van der Waals surface area contributed by atoms with E-state index < -0.39 is 5.97 Å². The number of ether oxygens (including phenoxy) is 1. The summed E-state index contributed by atoms with van der Waals surface area (Å²) in [5, 5.41) is 0. The second kappa shape index (κ2) is 6.43. The molecule has 0 radical (unpaired) electrons. The van der Waals surface area contributed by atoms with Crippen LogP contribution in [0.4, 0.5) is 0 Å². The van der Waals surface area contributed by atoms with Gasteiger partial charge in [-0.3, -0.25) is 4.79 Å². The van der Waals surface area contributed by atoms with Gasteiger partial charge in [0.05, 0.1) is 13.7 Å². The first kappa shape index (κ1) is 14.4. The fourth-order valence-electron chi connectivity index (χ4n) is 1.86. The molecule has 0 spiro atoms. The maximum atomic E-state index is 12.2. The summed E-state index contributed by atoms with van der Waals surface area (Å²) < 4.78 is 6.27. The van der Waals surface area contributed by atoms with Gasteiger partial charge in [-0.05, 0) is 30.5 Å². The number of esters is 1. The van der Waals surface area contributed by atoms with Gasteiger partial charge in [0, 0.05) is 16.7 Å². The number of thioether (sulfide) groups is 1. The van der Waals surface area contributed by atoms with Crippen molar-refractivity contribution >= 4 is 23.5 Å². The van der Waals surface area contributed by atoms with Crippen molar-refractivity contribution in [3.8, 4) is 0 Å². The van der Waals surface area contributed by atoms with E-state index >= 15 is 0 Å². The number of Topliss-reactive ketones (excluding diaryl/α,β-unsaturated/α-hetero) is 1. The van der Waals surface area contributed by atoms with Crippen LogP contribution in [-0.2, 0) is 11.3 Å². The van der Waals surface area contributed by atoms with Crippen molar-refractivity contribution in [3.63, 3.8) is 0 Å². The van der Waals surface area contributed by atoms with Crippen molar-refractivity contribution < 1.29 is 14.3 Å². The third kappa shape index (κ3) is 3.11. The van der Waals surface area contributed by atoms with Gasteiger partial charge >= 0.3 is 5.97 Å². The maximum Gasteiger partial charge on any atom is 0.354 e. The summed E-state index contributed by atoms with van der Waals surface area (Å²) in [6.45, 7) is 0.121. The lowest BCUT2D eigenvalue weighted by molar-refractivity contribution is 0.0588.